The number of hydrogen-bond acceptors (Lipinski definition) is 4. The number of nitrogens with two attached hydrogens (primary N) is 1. The van der Waals surface area contributed by atoms with Crippen molar-refractivity contribution in [3.63, 3.8) is 0 Å². The van der Waals surface area contributed by atoms with Crippen LogP contribution in [0.25, 0.3) is 0 Å². The van der Waals surface area contributed by atoms with Crippen LogP contribution in [-0.2, 0) is 10.2 Å². The van der Waals surface area contributed by atoms with Gasteiger partial charge in [-0.1, -0.05) is 42.7 Å². The van der Waals surface area contributed by atoms with Gasteiger partial charge in [-0.25, -0.2) is 4.98 Å². The summed E-state index contributed by atoms with van der Waals surface area (Å²) in [4.78, 5) is 33.8. The summed E-state index contributed by atoms with van der Waals surface area (Å²) in [5.74, 6) is 0.383. The molecule has 2 N–H and O–H groups in total. The highest BCUT2D eigenvalue weighted by molar-refractivity contribution is 5.97. The van der Waals surface area contributed by atoms with E-state index in [1.807, 2.05) is 4.90 Å². The van der Waals surface area contributed by atoms with E-state index in [1.54, 1.807) is 18.3 Å². The number of hydrogen-bond donors (Lipinski definition) is 1. The molecular weight excluding hydrogens is 364 g/mol. The number of aromatic nitrogens is 1. The lowest BCUT2D eigenvalue weighted by Gasteiger charge is -2.40. The summed E-state index contributed by atoms with van der Waals surface area (Å²) in [6, 6.07) is 11.8. The van der Waals surface area contributed by atoms with E-state index in [9.17, 15) is 9.59 Å². The Labute approximate surface area is 171 Å². The lowest BCUT2D eigenvalue weighted by atomic mass is 9.77. The molecule has 6 heteroatoms. The highest BCUT2D eigenvalue weighted by Gasteiger charge is 2.45. The zero-order valence-electron chi connectivity index (χ0n) is 16.9. The third-order valence-electron chi connectivity index (χ3n) is 6.36. The van der Waals surface area contributed by atoms with Crippen molar-refractivity contribution in [2.45, 2.75) is 38.0 Å². The van der Waals surface area contributed by atoms with Gasteiger partial charge in [0.15, 0.2) is 0 Å². The topological polar surface area (TPSA) is 79.5 Å². The zero-order chi connectivity index (χ0) is 20.4. The van der Waals surface area contributed by atoms with Gasteiger partial charge in [0.2, 0.25) is 5.91 Å². The van der Waals surface area contributed by atoms with Gasteiger partial charge < -0.3 is 15.5 Å². The maximum Gasteiger partial charge on any atom is 0.252 e. The van der Waals surface area contributed by atoms with E-state index >= 15 is 0 Å². The number of carbonyl (C=O) groups is 2. The second-order valence-corrected chi connectivity index (χ2v) is 8.18. The Bertz CT molecular complexity index is 913. The third-order valence-corrected chi connectivity index (χ3v) is 6.36. The first-order chi connectivity index (χ1) is 14.0. The van der Waals surface area contributed by atoms with Crippen LogP contribution in [0.15, 0.2) is 42.6 Å². The molecule has 6 nitrogen and oxygen atoms in total. The minimum absolute atomic E-state index is 0.247. The van der Waals surface area contributed by atoms with Crippen molar-refractivity contribution < 1.29 is 9.59 Å². The quantitative estimate of drug-likeness (QED) is 0.868. The molecule has 1 aliphatic heterocycles. The van der Waals surface area contributed by atoms with E-state index in [0.717, 1.165) is 31.2 Å². The van der Waals surface area contributed by atoms with Crippen LogP contribution >= 0.6 is 0 Å². The largest absolute Gasteiger partial charge is 0.365 e. The van der Waals surface area contributed by atoms with Crippen molar-refractivity contribution in [3.05, 3.63) is 59.3 Å². The molecule has 2 fully saturated rings. The molecular formula is C23H28N4O2. The molecule has 0 unspecified atom stereocenters. The SMILES string of the molecule is Cc1cccc(C2(C(=O)N3CCN(c4ncccc4C(N)=O)CC3)CCCC2)c1. The molecule has 2 aromatic rings. The first-order valence-corrected chi connectivity index (χ1v) is 10.4. The number of aryl methyl sites for hydroxylation is 1. The standard InChI is InChI=1S/C23H28N4O2/c1-17-6-4-7-18(16-17)23(9-2-3-10-23)22(29)27-14-12-26(13-15-27)21-19(20(24)28)8-5-11-25-21/h4-8,11,16H,2-3,9-10,12-15H2,1H3,(H2,24,28). The summed E-state index contributed by atoms with van der Waals surface area (Å²) in [6.07, 6.45) is 5.69. The van der Waals surface area contributed by atoms with E-state index in [4.69, 9.17) is 5.73 Å². The molecule has 152 valence electrons. The summed E-state index contributed by atoms with van der Waals surface area (Å²) < 4.78 is 0. The van der Waals surface area contributed by atoms with E-state index in [0.29, 0.717) is 37.6 Å². The summed E-state index contributed by atoms with van der Waals surface area (Å²) in [7, 11) is 0. The molecule has 1 aliphatic carbocycles. The van der Waals surface area contributed by atoms with Gasteiger partial charge in [-0.05, 0) is 37.5 Å². The van der Waals surface area contributed by atoms with Crippen molar-refractivity contribution in [3.8, 4) is 0 Å². The molecule has 2 aliphatic rings. The molecule has 1 saturated carbocycles. The summed E-state index contributed by atoms with van der Waals surface area (Å²) in [5.41, 5.74) is 7.89. The summed E-state index contributed by atoms with van der Waals surface area (Å²) in [5, 5.41) is 0. The van der Waals surface area contributed by atoms with E-state index in [-0.39, 0.29) is 5.91 Å². The van der Waals surface area contributed by atoms with Crippen LogP contribution in [0.1, 0.15) is 47.2 Å². The zero-order valence-corrected chi connectivity index (χ0v) is 16.9. The fourth-order valence-corrected chi connectivity index (χ4v) is 4.81. The predicted octanol–water partition coefficient (Wildman–Crippen LogP) is 2.65. The molecule has 1 aromatic carbocycles. The Morgan fingerprint density at radius 2 is 1.76 bits per heavy atom. The minimum atomic E-state index is -0.476. The van der Waals surface area contributed by atoms with Gasteiger partial charge in [0.1, 0.15) is 5.82 Å². The molecule has 29 heavy (non-hydrogen) atoms. The van der Waals surface area contributed by atoms with Crippen LogP contribution in [0.4, 0.5) is 5.82 Å². The number of benzene rings is 1. The fraction of sp³-hybridized carbons (Fsp3) is 0.435. The van der Waals surface area contributed by atoms with Crippen molar-refractivity contribution in [2.24, 2.45) is 5.73 Å². The van der Waals surface area contributed by atoms with Gasteiger partial charge in [0.25, 0.3) is 5.91 Å². The molecule has 4 rings (SSSR count). The van der Waals surface area contributed by atoms with Gasteiger partial charge in [-0.3, -0.25) is 9.59 Å². The number of rotatable bonds is 4. The van der Waals surface area contributed by atoms with Crippen molar-refractivity contribution in [1.29, 1.82) is 0 Å². The third kappa shape index (κ3) is 3.59. The number of carbonyl (C=O) groups excluding carboxylic acids is 2. The lowest BCUT2D eigenvalue weighted by Crippen LogP contribution is -2.54. The number of pyridine rings is 1. The Kier molecular flexibility index (Phi) is 5.26. The van der Waals surface area contributed by atoms with Crippen LogP contribution in [-0.4, -0.2) is 47.9 Å². The number of amides is 2. The molecule has 1 saturated heterocycles. The van der Waals surface area contributed by atoms with E-state index in [1.165, 1.54) is 5.56 Å². The predicted molar refractivity (Wildman–Crippen MR) is 113 cm³/mol. The average Bonchev–Trinajstić information content (AvgIpc) is 3.24. The van der Waals surface area contributed by atoms with Crippen molar-refractivity contribution in [2.75, 3.05) is 31.1 Å². The summed E-state index contributed by atoms with van der Waals surface area (Å²) >= 11 is 0. The molecule has 2 amide bonds. The molecule has 0 bridgehead atoms. The monoisotopic (exact) mass is 392 g/mol. The van der Waals surface area contributed by atoms with Gasteiger partial charge in [0, 0.05) is 32.4 Å². The van der Waals surface area contributed by atoms with Crippen LogP contribution in [0.2, 0.25) is 0 Å². The van der Waals surface area contributed by atoms with Gasteiger partial charge in [0.05, 0.1) is 11.0 Å². The molecule has 0 atom stereocenters. The highest BCUT2D eigenvalue weighted by Crippen LogP contribution is 2.43. The van der Waals surface area contributed by atoms with Gasteiger partial charge in [-0.2, -0.15) is 0 Å². The second-order valence-electron chi connectivity index (χ2n) is 8.18. The van der Waals surface area contributed by atoms with Gasteiger partial charge in [-0.15, -0.1) is 0 Å². The lowest BCUT2D eigenvalue weighted by molar-refractivity contribution is -0.137. The van der Waals surface area contributed by atoms with Crippen molar-refractivity contribution in [1.82, 2.24) is 9.88 Å². The Hall–Kier alpha value is -2.89. The Balaban J connectivity index is 1.52. The minimum Gasteiger partial charge on any atom is -0.365 e. The Morgan fingerprint density at radius 1 is 1.03 bits per heavy atom. The molecule has 0 spiro atoms. The maximum absolute atomic E-state index is 13.7. The van der Waals surface area contributed by atoms with Crippen LogP contribution < -0.4 is 10.6 Å². The summed E-state index contributed by atoms with van der Waals surface area (Å²) in [6.45, 7) is 4.63. The highest BCUT2D eigenvalue weighted by atomic mass is 16.2. The maximum atomic E-state index is 13.7. The average molecular weight is 393 g/mol. The normalized spacial score (nSPS) is 18.7. The molecule has 0 radical (unpaired) electrons. The first kappa shape index (κ1) is 19.4. The number of piperazine rings is 1. The fourth-order valence-electron chi connectivity index (χ4n) is 4.81. The number of anilines is 1. The van der Waals surface area contributed by atoms with E-state index in [2.05, 4.69) is 41.1 Å². The molecule has 1 aromatic heterocycles. The van der Waals surface area contributed by atoms with Crippen LogP contribution in [0.5, 0.6) is 0 Å². The Morgan fingerprint density at radius 3 is 2.41 bits per heavy atom. The van der Waals surface area contributed by atoms with Gasteiger partial charge >= 0.3 is 0 Å². The molecule has 2 heterocycles. The smallest absolute Gasteiger partial charge is 0.252 e. The van der Waals surface area contributed by atoms with Crippen LogP contribution in [0.3, 0.4) is 0 Å². The number of primary amides is 1. The van der Waals surface area contributed by atoms with Crippen molar-refractivity contribution >= 4 is 17.6 Å². The first-order valence-electron chi connectivity index (χ1n) is 10.4. The van der Waals surface area contributed by atoms with E-state index < -0.39 is 11.3 Å². The number of nitrogens with zero attached hydrogens (tertiary/aromatic N) is 3. The second kappa shape index (κ2) is 7.85. The van der Waals surface area contributed by atoms with Crippen LogP contribution in [0, 0.1) is 6.92 Å².